The van der Waals surface area contributed by atoms with Crippen molar-refractivity contribution in [1.82, 2.24) is 4.90 Å². The van der Waals surface area contributed by atoms with Crippen LogP contribution >= 0.6 is 0 Å². The molecule has 0 atom stereocenters. The molecule has 20 heavy (non-hydrogen) atoms. The molecule has 0 aliphatic carbocycles. The van der Waals surface area contributed by atoms with Crippen LogP contribution in [0.15, 0.2) is 18.2 Å². The minimum atomic E-state index is -0.169. The number of rotatable bonds is 8. The fourth-order valence-electron chi connectivity index (χ4n) is 1.97. The van der Waals surface area contributed by atoms with Crippen LogP contribution in [0.4, 0.5) is 0 Å². The lowest BCUT2D eigenvalue weighted by Gasteiger charge is -2.18. The van der Waals surface area contributed by atoms with Gasteiger partial charge in [-0.3, -0.25) is 4.79 Å². The molecule has 112 valence electrons. The second kappa shape index (κ2) is 8.43. The summed E-state index contributed by atoms with van der Waals surface area (Å²) in [7, 11) is 6.72. The monoisotopic (exact) mass is 281 g/mol. The number of carbonyl (C=O) groups excluding carboxylic acids is 1. The van der Waals surface area contributed by atoms with Gasteiger partial charge in [0.1, 0.15) is 11.5 Å². The standard InChI is InChI=1S/C15H23NO4/c1-16(9-5-6-15(17)20-4)11-12-10-13(18-2)7-8-14(12)19-3/h7-8,10H,5-6,9,11H2,1-4H3. The minimum Gasteiger partial charge on any atom is -0.497 e. The molecule has 0 aliphatic heterocycles. The van der Waals surface area contributed by atoms with Gasteiger partial charge in [-0.05, 0) is 38.2 Å². The van der Waals surface area contributed by atoms with Crippen molar-refractivity contribution in [2.75, 3.05) is 34.9 Å². The molecule has 0 fully saturated rings. The van der Waals surface area contributed by atoms with Gasteiger partial charge >= 0.3 is 5.97 Å². The van der Waals surface area contributed by atoms with Crippen LogP contribution in [-0.2, 0) is 16.1 Å². The average Bonchev–Trinajstić information content (AvgIpc) is 2.46. The predicted octanol–water partition coefficient (Wildman–Crippen LogP) is 2.09. The average molecular weight is 281 g/mol. The maximum atomic E-state index is 11.1. The second-order valence-electron chi connectivity index (χ2n) is 4.60. The van der Waals surface area contributed by atoms with Crippen LogP contribution in [0.5, 0.6) is 11.5 Å². The topological polar surface area (TPSA) is 48.0 Å². The largest absolute Gasteiger partial charge is 0.497 e. The van der Waals surface area contributed by atoms with Crippen LogP contribution in [0.25, 0.3) is 0 Å². The van der Waals surface area contributed by atoms with Crippen LogP contribution in [-0.4, -0.2) is 45.8 Å². The Labute approximate surface area is 120 Å². The molecule has 0 bridgehead atoms. The molecule has 0 amide bonds. The van der Waals surface area contributed by atoms with E-state index in [1.165, 1.54) is 7.11 Å². The molecule has 0 unspecified atom stereocenters. The van der Waals surface area contributed by atoms with E-state index >= 15 is 0 Å². The van der Waals surface area contributed by atoms with Crippen LogP contribution in [0.3, 0.4) is 0 Å². The van der Waals surface area contributed by atoms with E-state index in [9.17, 15) is 4.79 Å². The molecule has 0 heterocycles. The van der Waals surface area contributed by atoms with E-state index in [0.717, 1.165) is 36.6 Å². The van der Waals surface area contributed by atoms with Gasteiger partial charge in [-0.2, -0.15) is 0 Å². The van der Waals surface area contributed by atoms with Crippen LogP contribution in [0.1, 0.15) is 18.4 Å². The van der Waals surface area contributed by atoms with E-state index in [1.54, 1.807) is 14.2 Å². The molecule has 0 aliphatic rings. The molecular weight excluding hydrogens is 258 g/mol. The van der Waals surface area contributed by atoms with E-state index < -0.39 is 0 Å². The molecule has 0 saturated carbocycles. The van der Waals surface area contributed by atoms with Crippen molar-refractivity contribution in [3.8, 4) is 11.5 Å². The Hall–Kier alpha value is -1.75. The van der Waals surface area contributed by atoms with Gasteiger partial charge in [0, 0.05) is 18.5 Å². The SMILES string of the molecule is COC(=O)CCCN(C)Cc1cc(OC)ccc1OC. The maximum Gasteiger partial charge on any atom is 0.305 e. The Morgan fingerprint density at radius 3 is 2.55 bits per heavy atom. The Morgan fingerprint density at radius 1 is 1.20 bits per heavy atom. The lowest BCUT2D eigenvalue weighted by Crippen LogP contribution is -2.20. The van der Waals surface area contributed by atoms with Gasteiger partial charge in [0.15, 0.2) is 0 Å². The van der Waals surface area contributed by atoms with E-state index in [4.69, 9.17) is 9.47 Å². The molecule has 0 spiro atoms. The summed E-state index contributed by atoms with van der Waals surface area (Å²) in [5.74, 6) is 1.48. The van der Waals surface area contributed by atoms with Crippen LogP contribution in [0.2, 0.25) is 0 Å². The summed E-state index contributed by atoms with van der Waals surface area (Å²) in [6.45, 7) is 1.55. The highest BCUT2D eigenvalue weighted by atomic mass is 16.5. The van der Waals surface area contributed by atoms with Crippen molar-refractivity contribution in [3.05, 3.63) is 23.8 Å². The summed E-state index contributed by atoms with van der Waals surface area (Å²) in [6, 6.07) is 5.74. The molecule has 5 heteroatoms. The Morgan fingerprint density at radius 2 is 1.95 bits per heavy atom. The van der Waals surface area contributed by atoms with Crippen LogP contribution in [0, 0.1) is 0 Å². The van der Waals surface area contributed by atoms with Gasteiger partial charge in [-0.15, -0.1) is 0 Å². The van der Waals surface area contributed by atoms with E-state index in [0.29, 0.717) is 6.42 Å². The normalized spacial score (nSPS) is 10.4. The number of benzene rings is 1. The summed E-state index contributed by atoms with van der Waals surface area (Å²) in [4.78, 5) is 13.2. The van der Waals surface area contributed by atoms with Crippen molar-refractivity contribution in [2.45, 2.75) is 19.4 Å². The summed E-state index contributed by atoms with van der Waals surface area (Å²) < 4.78 is 15.2. The predicted molar refractivity (Wildman–Crippen MR) is 77.1 cm³/mol. The maximum absolute atomic E-state index is 11.1. The third kappa shape index (κ3) is 5.09. The van der Waals surface area contributed by atoms with Gasteiger partial charge in [0.25, 0.3) is 0 Å². The molecule has 1 aromatic rings. The van der Waals surface area contributed by atoms with Crippen molar-refractivity contribution in [3.63, 3.8) is 0 Å². The zero-order chi connectivity index (χ0) is 15.0. The van der Waals surface area contributed by atoms with Crippen molar-refractivity contribution in [2.24, 2.45) is 0 Å². The fourth-order valence-corrected chi connectivity index (χ4v) is 1.97. The second-order valence-corrected chi connectivity index (χ2v) is 4.60. The zero-order valence-electron chi connectivity index (χ0n) is 12.6. The first kappa shape index (κ1) is 16.3. The first-order valence-electron chi connectivity index (χ1n) is 6.57. The van der Waals surface area contributed by atoms with Crippen molar-refractivity contribution in [1.29, 1.82) is 0 Å². The summed E-state index contributed by atoms with van der Waals surface area (Å²) in [5.41, 5.74) is 1.06. The first-order chi connectivity index (χ1) is 9.60. The molecule has 0 aromatic heterocycles. The molecule has 1 aromatic carbocycles. The molecule has 5 nitrogen and oxygen atoms in total. The molecular formula is C15H23NO4. The Kier molecular flexibility index (Phi) is 6.87. The third-order valence-electron chi connectivity index (χ3n) is 3.08. The lowest BCUT2D eigenvalue weighted by molar-refractivity contribution is -0.140. The van der Waals surface area contributed by atoms with Gasteiger partial charge in [-0.25, -0.2) is 0 Å². The summed E-state index contributed by atoms with van der Waals surface area (Å²) in [5, 5.41) is 0. The number of hydrogen-bond acceptors (Lipinski definition) is 5. The molecule has 0 N–H and O–H groups in total. The fraction of sp³-hybridized carbons (Fsp3) is 0.533. The van der Waals surface area contributed by atoms with E-state index in [2.05, 4.69) is 9.64 Å². The quantitative estimate of drug-likeness (QED) is 0.683. The smallest absolute Gasteiger partial charge is 0.305 e. The Bertz CT molecular complexity index is 434. The number of nitrogens with zero attached hydrogens (tertiary/aromatic N) is 1. The summed E-state index contributed by atoms with van der Waals surface area (Å²) >= 11 is 0. The van der Waals surface area contributed by atoms with E-state index in [1.807, 2.05) is 25.2 Å². The van der Waals surface area contributed by atoms with Gasteiger partial charge < -0.3 is 19.1 Å². The number of esters is 1. The zero-order valence-corrected chi connectivity index (χ0v) is 12.6. The van der Waals surface area contributed by atoms with Crippen LogP contribution < -0.4 is 9.47 Å². The molecule has 0 radical (unpaired) electrons. The van der Waals surface area contributed by atoms with E-state index in [-0.39, 0.29) is 5.97 Å². The molecule has 0 saturated heterocycles. The number of carbonyl (C=O) groups is 1. The highest BCUT2D eigenvalue weighted by Crippen LogP contribution is 2.25. The van der Waals surface area contributed by atoms with Crippen molar-refractivity contribution >= 4 is 5.97 Å². The van der Waals surface area contributed by atoms with Crippen molar-refractivity contribution < 1.29 is 19.0 Å². The van der Waals surface area contributed by atoms with Gasteiger partial charge in [-0.1, -0.05) is 0 Å². The number of hydrogen-bond donors (Lipinski definition) is 0. The number of ether oxygens (including phenoxy) is 3. The minimum absolute atomic E-state index is 0.169. The third-order valence-corrected chi connectivity index (χ3v) is 3.08. The number of methoxy groups -OCH3 is 3. The van der Waals surface area contributed by atoms with Gasteiger partial charge in [0.2, 0.25) is 0 Å². The lowest BCUT2D eigenvalue weighted by atomic mass is 10.1. The Balaban J connectivity index is 2.55. The first-order valence-corrected chi connectivity index (χ1v) is 6.57. The van der Waals surface area contributed by atoms with Gasteiger partial charge in [0.05, 0.1) is 21.3 Å². The highest BCUT2D eigenvalue weighted by molar-refractivity contribution is 5.69. The molecule has 1 rings (SSSR count). The highest BCUT2D eigenvalue weighted by Gasteiger charge is 2.09. The summed E-state index contributed by atoms with van der Waals surface area (Å²) in [6.07, 6.45) is 1.21.